The maximum Gasteiger partial charge on any atom is 0.256 e. The van der Waals surface area contributed by atoms with E-state index < -0.39 is 0 Å². The summed E-state index contributed by atoms with van der Waals surface area (Å²) in [5.41, 5.74) is 3.98. The SMILES string of the molecule is Cc1nc2ccccc2c(C(=O)NC(C)C)c1OCN1Cc2ccccc2CC1=O. The van der Waals surface area contributed by atoms with Gasteiger partial charge in [0.05, 0.1) is 23.2 Å². The summed E-state index contributed by atoms with van der Waals surface area (Å²) in [5.74, 6) is 0.212. The van der Waals surface area contributed by atoms with Crippen LogP contribution in [0.25, 0.3) is 10.9 Å². The first-order valence-electron chi connectivity index (χ1n) is 10.1. The quantitative estimate of drug-likeness (QED) is 0.707. The Morgan fingerprint density at radius 3 is 2.60 bits per heavy atom. The van der Waals surface area contributed by atoms with Crippen molar-refractivity contribution in [2.24, 2.45) is 0 Å². The maximum atomic E-state index is 13.0. The molecule has 2 amide bonds. The number of rotatable bonds is 5. The lowest BCUT2D eigenvalue weighted by molar-refractivity contribution is -0.135. The zero-order valence-electron chi connectivity index (χ0n) is 17.4. The first-order valence-corrected chi connectivity index (χ1v) is 10.1. The van der Waals surface area contributed by atoms with Crippen LogP contribution >= 0.6 is 0 Å². The Hall–Kier alpha value is -3.41. The molecule has 1 aromatic heterocycles. The van der Waals surface area contributed by atoms with Crippen LogP contribution in [0, 0.1) is 6.92 Å². The van der Waals surface area contributed by atoms with Crippen molar-refractivity contribution in [3.05, 3.63) is 70.9 Å². The van der Waals surface area contributed by atoms with E-state index in [9.17, 15) is 9.59 Å². The van der Waals surface area contributed by atoms with E-state index in [4.69, 9.17) is 4.74 Å². The molecule has 30 heavy (non-hydrogen) atoms. The number of para-hydroxylation sites is 1. The van der Waals surface area contributed by atoms with Crippen LogP contribution in [0.1, 0.15) is 41.0 Å². The van der Waals surface area contributed by atoms with Crippen LogP contribution < -0.4 is 10.1 Å². The molecule has 0 unspecified atom stereocenters. The minimum absolute atomic E-state index is 0.00767. The molecule has 1 aliphatic rings. The molecule has 0 fully saturated rings. The monoisotopic (exact) mass is 403 g/mol. The van der Waals surface area contributed by atoms with E-state index in [1.807, 2.05) is 69.3 Å². The highest BCUT2D eigenvalue weighted by molar-refractivity contribution is 6.09. The first-order chi connectivity index (χ1) is 14.4. The average molecular weight is 403 g/mol. The third-order valence-electron chi connectivity index (χ3n) is 5.20. The summed E-state index contributed by atoms with van der Waals surface area (Å²) in [4.78, 5) is 31.9. The normalized spacial score (nSPS) is 13.5. The summed E-state index contributed by atoms with van der Waals surface area (Å²) >= 11 is 0. The number of aryl methyl sites for hydroxylation is 1. The summed E-state index contributed by atoms with van der Waals surface area (Å²) in [5, 5.41) is 3.68. The number of carbonyl (C=O) groups excluding carboxylic acids is 2. The number of nitrogens with one attached hydrogen (secondary N) is 1. The number of pyridine rings is 1. The van der Waals surface area contributed by atoms with Crippen molar-refractivity contribution in [2.45, 2.75) is 39.8 Å². The summed E-state index contributed by atoms with van der Waals surface area (Å²) in [6.07, 6.45) is 0.356. The molecule has 0 saturated heterocycles. The smallest absolute Gasteiger partial charge is 0.256 e. The van der Waals surface area contributed by atoms with E-state index in [1.54, 1.807) is 4.90 Å². The summed E-state index contributed by atoms with van der Waals surface area (Å²) < 4.78 is 6.09. The molecule has 0 spiro atoms. The molecular formula is C24H25N3O3. The average Bonchev–Trinajstić information content (AvgIpc) is 2.71. The number of hydrogen-bond donors (Lipinski definition) is 1. The van der Waals surface area contributed by atoms with Crippen LogP contribution in [-0.4, -0.2) is 34.5 Å². The maximum absolute atomic E-state index is 13.0. The van der Waals surface area contributed by atoms with Gasteiger partial charge in [-0.15, -0.1) is 0 Å². The molecule has 0 atom stereocenters. The molecule has 0 aliphatic carbocycles. The van der Waals surface area contributed by atoms with Gasteiger partial charge < -0.3 is 15.0 Å². The minimum Gasteiger partial charge on any atom is -0.470 e. The van der Waals surface area contributed by atoms with Crippen molar-refractivity contribution in [1.82, 2.24) is 15.2 Å². The van der Waals surface area contributed by atoms with E-state index in [-0.39, 0.29) is 24.6 Å². The number of carbonyl (C=O) groups is 2. The lowest BCUT2D eigenvalue weighted by Gasteiger charge is -2.29. The van der Waals surface area contributed by atoms with Crippen LogP contribution in [0.5, 0.6) is 5.75 Å². The number of hydrogen-bond acceptors (Lipinski definition) is 4. The number of nitrogens with zero attached hydrogens (tertiary/aromatic N) is 2. The Morgan fingerprint density at radius 2 is 1.83 bits per heavy atom. The molecule has 0 radical (unpaired) electrons. The van der Waals surface area contributed by atoms with Gasteiger partial charge in [0.1, 0.15) is 0 Å². The number of ether oxygens (including phenoxy) is 1. The van der Waals surface area contributed by atoms with E-state index in [0.29, 0.717) is 30.0 Å². The van der Waals surface area contributed by atoms with Gasteiger partial charge in [-0.2, -0.15) is 0 Å². The van der Waals surface area contributed by atoms with Crippen molar-refractivity contribution < 1.29 is 14.3 Å². The third-order valence-corrected chi connectivity index (χ3v) is 5.20. The van der Waals surface area contributed by atoms with Gasteiger partial charge in [0, 0.05) is 18.0 Å². The van der Waals surface area contributed by atoms with E-state index >= 15 is 0 Å². The van der Waals surface area contributed by atoms with Gasteiger partial charge in [-0.25, -0.2) is 4.98 Å². The predicted molar refractivity (Wildman–Crippen MR) is 115 cm³/mol. The number of benzene rings is 2. The second kappa shape index (κ2) is 8.14. The largest absolute Gasteiger partial charge is 0.470 e. The Kier molecular flexibility index (Phi) is 5.40. The van der Waals surface area contributed by atoms with Gasteiger partial charge >= 0.3 is 0 Å². The second-order valence-corrected chi connectivity index (χ2v) is 7.86. The van der Waals surface area contributed by atoms with Crippen LogP contribution in [0.15, 0.2) is 48.5 Å². The van der Waals surface area contributed by atoms with Crippen molar-refractivity contribution in [2.75, 3.05) is 6.73 Å². The summed E-state index contributed by atoms with van der Waals surface area (Å²) in [7, 11) is 0. The van der Waals surface area contributed by atoms with Gasteiger partial charge in [-0.1, -0.05) is 42.5 Å². The van der Waals surface area contributed by atoms with Gasteiger partial charge in [0.15, 0.2) is 12.5 Å². The van der Waals surface area contributed by atoms with E-state index in [2.05, 4.69) is 10.3 Å². The Bertz CT molecular complexity index is 1120. The lowest BCUT2D eigenvalue weighted by Crippen LogP contribution is -2.39. The fourth-order valence-corrected chi connectivity index (χ4v) is 3.77. The highest BCUT2D eigenvalue weighted by Gasteiger charge is 2.25. The van der Waals surface area contributed by atoms with Gasteiger partial charge in [-0.3, -0.25) is 9.59 Å². The van der Waals surface area contributed by atoms with E-state index in [0.717, 1.165) is 22.0 Å². The van der Waals surface area contributed by atoms with Crippen molar-refractivity contribution >= 4 is 22.7 Å². The zero-order chi connectivity index (χ0) is 21.3. The first kappa shape index (κ1) is 19.9. The van der Waals surface area contributed by atoms with Crippen LogP contribution in [0.4, 0.5) is 0 Å². The van der Waals surface area contributed by atoms with Gasteiger partial charge in [0.25, 0.3) is 5.91 Å². The Labute approximate surface area is 175 Å². The van der Waals surface area contributed by atoms with Crippen LogP contribution in [0.2, 0.25) is 0 Å². The fourth-order valence-electron chi connectivity index (χ4n) is 3.77. The molecule has 2 heterocycles. The number of fused-ring (bicyclic) bond motifs is 2. The molecule has 0 bridgehead atoms. The Balaban J connectivity index is 1.66. The summed E-state index contributed by atoms with van der Waals surface area (Å²) in [6.45, 7) is 6.21. The van der Waals surface area contributed by atoms with Crippen molar-refractivity contribution in [1.29, 1.82) is 0 Å². The molecule has 1 aliphatic heterocycles. The molecule has 4 rings (SSSR count). The molecule has 3 aromatic rings. The van der Waals surface area contributed by atoms with Crippen molar-refractivity contribution in [3.8, 4) is 5.75 Å². The molecule has 6 nitrogen and oxygen atoms in total. The lowest BCUT2D eigenvalue weighted by atomic mass is 10.00. The summed E-state index contributed by atoms with van der Waals surface area (Å²) in [6, 6.07) is 15.4. The fraction of sp³-hybridized carbons (Fsp3) is 0.292. The highest BCUT2D eigenvalue weighted by Crippen LogP contribution is 2.30. The van der Waals surface area contributed by atoms with Crippen LogP contribution in [-0.2, 0) is 17.8 Å². The molecule has 2 aromatic carbocycles. The predicted octanol–water partition coefficient (Wildman–Crippen LogP) is 3.60. The number of amides is 2. The molecule has 0 saturated carbocycles. The third kappa shape index (κ3) is 3.85. The van der Waals surface area contributed by atoms with Gasteiger partial charge in [0.2, 0.25) is 5.91 Å². The molecule has 1 N–H and O–H groups in total. The highest BCUT2D eigenvalue weighted by atomic mass is 16.5. The van der Waals surface area contributed by atoms with Crippen LogP contribution in [0.3, 0.4) is 0 Å². The standard InChI is InChI=1S/C24H25N3O3/c1-15(2)25-24(29)22-19-10-6-7-11-20(19)26-16(3)23(22)30-14-27-13-18-9-5-4-8-17(18)12-21(27)28/h4-11,15H,12-14H2,1-3H3,(H,25,29). The Morgan fingerprint density at radius 1 is 1.13 bits per heavy atom. The minimum atomic E-state index is -0.211. The second-order valence-electron chi connectivity index (χ2n) is 7.86. The number of aromatic nitrogens is 1. The van der Waals surface area contributed by atoms with Gasteiger partial charge in [-0.05, 0) is 38.0 Å². The molecule has 6 heteroatoms. The topological polar surface area (TPSA) is 71.5 Å². The van der Waals surface area contributed by atoms with E-state index in [1.165, 1.54) is 0 Å². The van der Waals surface area contributed by atoms with Crippen molar-refractivity contribution in [3.63, 3.8) is 0 Å². The zero-order valence-corrected chi connectivity index (χ0v) is 17.4. The molecule has 154 valence electrons. The molecular weight excluding hydrogens is 378 g/mol.